The van der Waals surface area contributed by atoms with Crippen LogP contribution >= 0.6 is 0 Å². The normalized spacial score (nSPS) is 18.2. The molecule has 2 heterocycles. The SMILES string of the molecule is C[C@@H](c1ncncc1F)[C@](O)(CC1C=Cc2ccccc2N1)c1ccc(F)cc1F. The van der Waals surface area contributed by atoms with Crippen LogP contribution in [-0.2, 0) is 5.60 Å². The highest BCUT2D eigenvalue weighted by Crippen LogP contribution is 2.43. The Balaban J connectivity index is 1.75. The summed E-state index contributed by atoms with van der Waals surface area (Å²) in [4.78, 5) is 7.60. The van der Waals surface area contributed by atoms with E-state index in [2.05, 4.69) is 15.3 Å². The lowest BCUT2D eigenvalue weighted by molar-refractivity contribution is -0.00318. The van der Waals surface area contributed by atoms with E-state index < -0.39 is 29.0 Å². The van der Waals surface area contributed by atoms with Gasteiger partial charge < -0.3 is 10.4 Å². The molecule has 1 unspecified atom stereocenters. The van der Waals surface area contributed by atoms with Crippen molar-refractivity contribution >= 4 is 11.8 Å². The van der Waals surface area contributed by atoms with Gasteiger partial charge in [-0.2, -0.15) is 0 Å². The zero-order valence-electron chi connectivity index (χ0n) is 16.2. The number of nitrogens with one attached hydrogen (secondary N) is 1. The van der Waals surface area contributed by atoms with Gasteiger partial charge >= 0.3 is 0 Å². The summed E-state index contributed by atoms with van der Waals surface area (Å²) in [6, 6.07) is 10.2. The number of para-hydroxylation sites is 1. The Hall–Kier alpha value is -3.19. The number of nitrogens with zero attached hydrogens (tertiary/aromatic N) is 2. The lowest BCUT2D eigenvalue weighted by Crippen LogP contribution is -2.40. The van der Waals surface area contributed by atoms with Gasteiger partial charge in [0.05, 0.1) is 11.9 Å². The third-order valence-corrected chi connectivity index (χ3v) is 5.56. The summed E-state index contributed by atoms with van der Waals surface area (Å²) in [5.74, 6) is -3.31. The number of aromatic nitrogens is 2. The fraction of sp³-hybridized carbons (Fsp3) is 0.217. The smallest absolute Gasteiger partial charge is 0.163 e. The summed E-state index contributed by atoms with van der Waals surface area (Å²) in [5, 5.41) is 15.0. The van der Waals surface area contributed by atoms with Crippen molar-refractivity contribution < 1.29 is 18.3 Å². The first-order valence-electron chi connectivity index (χ1n) is 9.55. The van der Waals surface area contributed by atoms with Gasteiger partial charge in [-0.05, 0) is 17.7 Å². The van der Waals surface area contributed by atoms with E-state index in [1.54, 1.807) is 6.92 Å². The Morgan fingerprint density at radius 1 is 1.13 bits per heavy atom. The standard InChI is InChI=1S/C23H20F3N3O/c1-14(22-20(26)12-27-13-28-22)23(30,18-9-7-16(24)10-19(18)25)11-17-8-6-15-4-2-3-5-21(15)29-17/h2-10,12-14,17,29-30H,11H2,1H3/t14-,17?,23+/m0/s1. The fourth-order valence-electron chi connectivity index (χ4n) is 3.92. The van der Waals surface area contributed by atoms with Crippen molar-refractivity contribution in [3.8, 4) is 0 Å². The Morgan fingerprint density at radius 2 is 1.93 bits per heavy atom. The van der Waals surface area contributed by atoms with Crippen LogP contribution in [0.25, 0.3) is 6.08 Å². The second-order valence-corrected chi connectivity index (χ2v) is 7.43. The predicted molar refractivity (Wildman–Crippen MR) is 108 cm³/mol. The number of anilines is 1. The molecule has 1 aromatic heterocycles. The maximum absolute atomic E-state index is 14.8. The van der Waals surface area contributed by atoms with Crippen LogP contribution in [0.5, 0.6) is 0 Å². The van der Waals surface area contributed by atoms with E-state index in [-0.39, 0.29) is 23.7 Å². The van der Waals surface area contributed by atoms with Gasteiger partial charge in [0.25, 0.3) is 0 Å². The van der Waals surface area contributed by atoms with Crippen LogP contribution in [0.2, 0.25) is 0 Å². The number of aliphatic hydroxyl groups is 1. The van der Waals surface area contributed by atoms with Crippen molar-refractivity contribution in [3.63, 3.8) is 0 Å². The number of halogens is 3. The summed E-state index contributed by atoms with van der Waals surface area (Å²) >= 11 is 0. The van der Waals surface area contributed by atoms with Crippen molar-refractivity contribution in [2.24, 2.45) is 0 Å². The molecule has 1 aliphatic heterocycles. The molecule has 0 saturated heterocycles. The topological polar surface area (TPSA) is 58.0 Å². The molecular weight excluding hydrogens is 391 g/mol. The lowest BCUT2D eigenvalue weighted by atomic mass is 9.75. The molecule has 0 saturated carbocycles. The Labute approximate surface area is 172 Å². The average Bonchev–Trinajstić information content (AvgIpc) is 2.73. The molecule has 0 spiro atoms. The fourth-order valence-corrected chi connectivity index (χ4v) is 3.92. The number of hydrogen-bond acceptors (Lipinski definition) is 4. The van der Waals surface area contributed by atoms with Gasteiger partial charge in [-0.1, -0.05) is 43.3 Å². The van der Waals surface area contributed by atoms with E-state index in [1.165, 1.54) is 12.4 Å². The van der Waals surface area contributed by atoms with E-state index in [1.807, 2.05) is 36.4 Å². The highest BCUT2D eigenvalue weighted by atomic mass is 19.1. The minimum absolute atomic E-state index is 0.00496. The van der Waals surface area contributed by atoms with E-state index in [9.17, 15) is 18.3 Å². The highest BCUT2D eigenvalue weighted by molar-refractivity contribution is 5.70. The van der Waals surface area contributed by atoms with E-state index in [0.717, 1.165) is 23.5 Å². The first-order chi connectivity index (χ1) is 14.4. The summed E-state index contributed by atoms with van der Waals surface area (Å²) in [6.45, 7) is 1.56. The zero-order chi connectivity index (χ0) is 21.3. The maximum Gasteiger partial charge on any atom is 0.163 e. The second kappa shape index (κ2) is 7.91. The molecule has 154 valence electrons. The van der Waals surface area contributed by atoms with Gasteiger partial charge in [0, 0.05) is 35.7 Å². The molecule has 1 aliphatic rings. The Bertz CT molecular complexity index is 1100. The summed E-state index contributed by atoms with van der Waals surface area (Å²) in [6.07, 6.45) is 5.94. The molecule has 0 radical (unpaired) electrons. The minimum atomic E-state index is -1.87. The van der Waals surface area contributed by atoms with Crippen LogP contribution in [0.3, 0.4) is 0 Å². The molecule has 0 aliphatic carbocycles. The van der Waals surface area contributed by atoms with Gasteiger partial charge in [-0.3, -0.25) is 0 Å². The number of rotatable bonds is 5. The van der Waals surface area contributed by atoms with Gasteiger partial charge in [0.15, 0.2) is 5.82 Å². The molecule has 2 N–H and O–H groups in total. The van der Waals surface area contributed by atoms with Crippen LogP contribution in [-0.4, -0.2) is 21.1 Å². The maximum atomic E-state index is 14.8. The molecule has 0 bridgehead atoms. The molecular formula is C23H20F3N3O. The van der Waals surface area contributed by atoms with Gasteiger partial charge in [-0.15, -0.1) is 0 Å². The third-order valence-electron chi connectivity index (χ3n) is 5.56. The van der Waals surface area contributed by atoms with Gasteiger partial charge in [-0.25, -0.2) is 23.1 Å². The first-order valence-corrected chi connectivity index (χ1v) is 9.55. The molecule has 3 atom stereocenters. The molecule has 4 rings (SSSR count). The van der Waals surface area contributed by atoms with E-state index in [0.29, 0.717) is 6.07 Å². The third kappa shape index (κ3) is 3.68. The largest absolute Gasteiger partial charge is 0.384 e. The average molecular weight is 411 g/mol. The molecule has 0 amide bonds. The quantitative estimate of drug-likeness (QED) is 0.634. The molecule has 2 aromatic carbocycles. The van der Waals surface area contributed by atoms with E-state index >= 15 is 0 Å². The monoisotopic (exact) mass is 411 g/mol. The van der Waals surface area contributed by atoms with Crippen LogP contribution in [0.15, 0.2) is 61.1 Å². The van der Waals surface area contributed by atoms with Gasteiger partial charge in [0.1, 0.15) is 23.6 Å². The Morgan fingerprint density at radius 3 is 2.70 bits per heavy atom. The summed E-state index contributed by atoms with van der Waals surface area (Å²) in [5.41, 5.74) is -0.186. The summed E-state index contributed by atoms with van der Waals surface area (Å²) in [7, 11) is 0. The van der Waals surface area contributed by atoms with Crippen molar-refractivity contribution in [3.05, 3.63) is 95.3 Å². The number of fused-ring (bicyclic) bond motifs is 1. The predicted octanol–water partition coefficient (Wildman–Crippen LogP) is 4.78. The van der Waals surface area contributed by atoms with Crippen molar-refractivity contribution in [2.45, 2.75) is 30.9 Å². The van der Waals surface area contributed by atoms with E-state index in [4.69, 9.17) is 0 Å². The first kappa shape index (κ1) is 20.1. The second-order valence-electron chi connectivity index (χ2n) is 7.43. The molecule has 4 nitrogen and oxygen atoms in total. The molecule has 3 aromatic rings. The Kier molecular flexibility index (Phi) is 5.30. The zero-order valence-corrected chi connectivity index (χ0v) is 16.2. The summed E-state index contributed by atoms with van der Waals surface area (Å²) < 4.78 is 42.7. The van der Waals surface area contributed by atoms with Crippen LogP contribution in [0.4, 0.5) is 18.9 Å². The molecule has 30 heavy (non-hydrogen) atoms. The highest BCUT2D eigenvalue weighted by Gasteiger charge is 2.42. The minimum Gasteiger partial charge on any atom is -0.384 e. The number of benzene rings is 2. The van der Waals surface area contributed by atoms with Crippen LogP contribution in [0, 0.1) is 17.5 Å². The van der Waals surface area contributed by atoms with Crippen molar-refractivity contribution in [1.82, 2.24) is 9.97 Å². The van der Waals surface area contributed by atoms with Crippen molar-refractivity contribution in [1.29, 1.82) is 0 Å². The lowest BCUT2D eigenvalue weighted by Gasteiger charge is -2.38. The molecule has 0 fully saturated rings. The van der Waals surface area contributed by atoms with Crippen LogP contribution < -0.4 is 5.32 Å². The molecule has 7 heteroatoms. The van der Waals surface area contributed by atoms with Crippen molar-refractivity contribution in [2.75, 3.05) is 5.32 Å². The van der Waals surface area contributed by atoms with Gasteiger partial charge in [0.2, 0.25) is 0 Å². The number of hydrogen-bond donors (Lipinski definition) is 2. The van der Waals surface area contributed by atoms with Crippen LogP contribution in [0.1, 0.15) is 36.1 Å².